The van der Waals surface area contributed by atoms with E-state index in [1.54, 1.807) is 17.1 Å². The lowest BCUT2D eigenvalue weighted by atomic mass is 9.76. The zero-order chi connectivity index (χ0) is 20.4. The summed E-state index contributed by atoms with van der Waals surface area (Å²) >= 11 is 0. The molecule has 0 saturated carbocycles. The third-order valence-corrected chi connectivity index (χ3v) is 6.44. The number of carbonyl (C=O) groups excluding carboxylic acids is 1. The van der Waals surface area contributed by atoms with E-state index >= 15 is 0 Å². The average Bonchev–Trinajstić information content (AvgIpc) is 3.21. The van der Waals surface area contributed by atoms with Gasteiger partial charge in [0.15, 0.2) is 0 Å². The number of nitrogens with zero attached hydrogens (tertiary/aromatic N) is 5. The van der Waals surface area contributed by atoms with Crippen LogP contribution in [-0.4, -0.2) is 43.2 Å². The molecule has 0 unspecified atom stereocenters. The second-order valence-electron chi connectivity index (χ2n) is 8.95. The molecule has 3 atom stereocenters. The minimum atomic E-state index is 0.110. The van der Waals surface area contributed by atoms with Gasteiger partial charge in [0.05, 0.1) is 0 Å². The molecule has 7 heteroatoms. The van der Waals surface area contributed by atoms with Gasteiger partial charge >= 0.3 is 0 Å². The SMILES string of the molecule is CC(C)CC[C@H]1[C@H]2C[C@H](CN(C(=O)CCCn3cncn3)C2)c2cccc(=O)n21. The van der Waals surface area contributed by atoms with Crippen molar-refractivity contribution < 1.29 is 4.79 Å². The van der Waals surface area contributed by atoms with E-state index in [9.17, 15) is 9.59 Å². The van der Waals surface area contributed by atoms with Crippen molar-refractivity contribution in [1.82, 2.24) is 24.2 Å². The van der Waals surface area contributed by atoms with Crippen molar-refractivity contribution in [3.05, 3.63) is 46.9 Å². The van der Waals surface area contributed by atoms with E-state index in [-0.39, 0.29) is 23.4 Å². The van der Waals surface area contributed by atoms with Gasteiger partial charge in [0.2, 0.25) is 5.91 Å². The number of aromatic nitrogens is 4. The van der Waals surface area contributed by atoms with E-state index in [2.05, 4.69) is 30.0 Å². The Labute approximate surface area is 171 Å². The number of hydrogen-bond acceptors (Lipinski definition) is 4. The number of aryl methyl sites for hydroxylation is 1. The minimum absolute atomic E-state index is 0.110. The molecule has 2 aliphatic heterocycles. The van der Waals surface area contributed by atoms with Crippen molar-refractivity contribution in [3.63, 3.8) is 0 Å². The van der Waals surface area contributed by atoms with E-state index in [0.717, 1.165) is 44.5 Å². The Bertz CT molecular complexity index is 889. The van der Waals surface area contributed by atoms with Crippen molar-refractivity contribution in [2.75, 3.05) is 13.1 Å². The largest absolute Gasteiger partial charge is 0.342 e. The highest BCUT2D eigenvalue weighted by atomic mass is 16.2. The Hall–Kier alpha value is -2.44. The van der Waals surface area contributed by atoms with Crippen LogP contribution in [0.5, 0.6) is 0 Å². The van der Waals surface area contributed by atoms with Crippen LogP contribution in [0.3, 0.4) is 0 Å². The molecular weight excluding hydrogens is 366 g/mol. The smallest absolute Gasteiger partial charge is 0.250 e. The van der Waals surface area contributed by atoms with Gasteiger partial charge in [-0.25, -0.2) is 4.98 Å². The van der Waals surface area contributed by atoms with Crippen LogP contribution in [-0.2, 0) is 11.3 Å². The fraction of sp³-hybridized carbons (Fsp3) is 0.636. The minimum Gasteiger partial charge on any atom is -0.342 e. The monoisotopic (exact) mass is 397 g/mol. The molecule has 1 fully saturated rings. The van der Waals surface area contributed by atoms with Crippen LogP contribution in [0.15, 0.2) is 35.6 Å². The summed E-state index contributed by atoms with van der Waals surface area (Å²) in [6, 6.07) is 5.83. The van der Waals surface area contributed by atoms with Crippen molar-refractivity contribution >= 4 is 5.91 Å². The molecule has 7 nitrogen and oxygen atoms in total. The standard InChI is InChI=1S/C22H31N5O2/c1-16(2)8-9-20-18-11-17(19-5-3-6-22(29)27(19)20)12-25(13-18)21(28)7-4-10-26-15-23-14-24-26/h3,5-6,14-18,20H,4,7-13H2,1-2H3/t17-,18+,20+/m1/s1. The molecule has 4 rings (SSSR count). The molecule has 2 aliphatic rings. The van der Waals surface area contributed by atoms with Crippen LogP contribution < -0.4 is 5.56 Å². The Kier molecular flexibility index (Phi) is 5.83. The Balaban J connectivity index is 1.48. The molecule has 29 heavy (non-hydrogen) atoms. The molecule has 0 N–H and O–H groups in total. The topological polar surface area (TPSA) is 73.0 Å². The number of amides is 1. The first kappa shape index (κ1) is 19.9. The van der Waals surface area contributed by atoms with Crippen LogP contribution in [0.1, 0.15) is 63.6 Å². The van der Waals surface area contributed by atoms with Gasteiger partial charge in [0, 0.05) is 49.8 Å². The number of piperidine rings is 1. The molecule has 1 amide bonds. The third kappa shape index (κ3) is 4.28. The maximum absolute atomic E-state index is 12.9. The fourth-order valence-corrected chi connectivity index (χ4v) is 5.02. The number of fused-ring (bicyclic) bond motifs is 4. The Morgan fingerprint density at radius 2 is 2.14 bits per heavy atom. The maximum atomic E-state index is 12.9. The fourth-order valence-electron chi connectivity index (χ4n) is 5.02. The molecule has 0 spiro atoms. The summed E-state index contributed by atoms with van der Waals surface area (Å²) in [5, 5.41) is 4.10. The molecule has 2 bridgehead atoms. The number of hydrogen-bond donors (Lipinski definition) is 0. The quantitative estimate of drug-likeness (QED) is 0.720. The van der Waals surface area contributed by atoms with Gasteiger partial charge in [-0.1, -0.05) is 19.9 Å². The van der Waals surface area contributed by atoms with Gasteiger partial charge < -0.3 is 9.47 Å². The van der Waals surface area contributed by atoms with Gasteiger partial charge in [0.25, 0.3) is 5.56 Å². The summed E-state index contributed by atoms with van der Waals surface area (Å²) < 4.78 is 3.82. The lowest BCUT2D eigenvalue weighted by Gasteiger charge is -2.47. The van der Waals surface area contributed by atoms with Crippen molar-refractivity contribution in [2.24, 2.45) is 11.8 Å². The van der Waals surface area contributed by atoms with E-state index < -0.39 is 0 Å². The summed E-state index contributed by atoms with van der Waals surface area (Å²) in [5.74, 6) is 1.44. The van der Waals surface area contributed by atoms with E-state index in [0.29, 0.717) is 24.8 Å². The van der Waals surface area contributed by atoms with Gasteiger partial charge in [-0.3, -0.25) is 14.3 Å². The van der Waals surface area contributed by atoms with E-state index in [1.807, 2.05) is 15.5 Å². The Morgan fingerprint density at radius 3 is 2.90 bits per heavy atom. The Morgan fingerprint density at radius 1 is 1.28 bits per heavy atom. The average molecular weight is 398 g/mol. The summed E-state index contributed by atoms with van der Waals surface area (Å²) in [5.41, 5.74) is 1.22. The molecule has 0 aliphatic carbocycles. The summed E-state index contributed by atoms with van der Waals surface area (Å²) in [4.78, 5) is 31.6. The summed E-state index contributed by atoms with van der Waals surface area (Å²) in [6.07, 6.45) is 7.67. The molecule has 2 aromatic rings. The highest BCUT2D eigenvalue weighted by Gasteiger charge is 2.41. The summed E-state index contributed by atoms with van der Waals surface area (Å²) in [6.45, 7) is 6.65. The molecule has 2 aromatic heterocycles. The molecule has 156 valence electrons. The first-order valence-electron chi connectivity index (χ1n) is 10.8. The van der Waals surface area contributed by atoms with Gasteiger partial charge in [-0.2, -0.15) is 5.10 Å². The second-order valence-corrected chi connectivity index (χ2v) is 8.95. The highest BCUT2D eigenvalue weighted by Crippen LogP contribution is 2.43. The third-order valence-electron chi connectivity index (χ3n) is 6.44. The first-order chi connectivity index (χ1) is 14.0. The maximum Gasteiger partial charge on any atom is 0.250 e. The van der Waals surface area contributed by atoms with Crippen LogP contribution in [0.2, 0.25) is 0 Å². The number of pyridine rings is 1. The second kappa shape index (κ2) is 8.51. The zero-order valence-corrected chi connectivity index (χ0v) is 17.4. The number of likely N-dealkylation sites (tertiary alicyclic amines) is 1. The first-order valence-corrected chi connectivity index (χ1v) is 10.8. The van der Waals surface area contributed by atoms with Gasteiger partial charge in [-0.15, -0.1) is 0 Å². The number of carbonyl (C=O) groups is 1. The zero-order valence-electron chi connectivity index (χ0n) is 17.4. The number of rotatable bonds is 7. The molecule has 1 saturated heterocycles. The molecule has 0 radical (unpaired) electrons. The van der Waals surface area contributed by atoms with Gasteiger partial charge in [-0.05, 0) is 43.6 Å². The molecule has 4 heterocycles. The van der Waals surface area contributed by atoms with Crippen molar-refractivity contribution in [2.45, 2.75) is 64.5 Å². The van der Waals surface area contributed by atoms with Crippen LogP contribution in [0.4, 0.5) is 0 Å². The van der Waals surface area contributed by atoms with E-state index in [1.165, 1.54) is 6.33 Å². The van der Waals surface area contributed by atoms with Crippen molar-refractivity contribution in [1.29, 1.82) is 0 Å². The summed E-state index contributed by atoms with van der Waals surface area (Å²) in [7, 11) is 0. The predicted octanol–water partition coefficient (Wildman–Crippen LogP) is 2.84. The molecular formula is C22H31N5O2. The van der Waals surface area contributed by atoms with Crippen molar-refractivity contribution in [3.8, 4) is 0 Å². The predicted molar refractivity (Wildman–Crippen MR) is 110 cm³/mol. The highest BCUT2D eigenvalue weighted by molar-refractivity contribution is 5.76. The lowest BCUT2D eigenvalue weighted by Crippen LogP contribution is -2.51. The van der Waals surface area contributed by atoms with Crippen LogP contribution in [0.25, 0.3) is 0 Å². The normalized spacial score (nSPS) is 23.3. The van der Waals surface area contributed by atoms with Crippen LogP contribution >= 0.6 is 0 Å². The van der Waals surface area contributed by atoms with E-state index in [4.69, 9.17) is 0 Å². The lowest BCUT2D eigenvalue weighted by molar-refractivity contribution is -0.134. The molecule has 0 aromatic carbocycles. The van der Waals surface area contributed by atoms with Crippen LogP contribution in [0, 0.1) is 11.8 Å². The van der Waals surface area contributed by atoms with Gasteiger partial charge in [0.1, 0.15) is 12.7 Å².